The number of urea groups is 1. The Morgan fingerprint density at radius 2 is 1.73 bits per heavy atom. The van der Waals surface area contributed by atoms with Crippen LogP contribution in [0.5, 0.6) is 0 Å². The fourth-order valence-electron chi connectivity index (χ4n) is 6.20. The number of hydrogen-bond acceptors (Lipinski definition) is 5. The zero-order chi connectivity index (χ0) is 28.2. The Hall–Kier alpha value is -3.04. The van der Waals surface area contributed by atoms with Crippen molar-refractivity contribution >= 4 is 35.3 Å². The molecule has 3 heterocycles. The second-order valence-corrected chi connectivity index (χ2v) is 12.7. The van der Waals surface area contributed by atoms with E-state index in [2.05, 4.69) is 25.2 Å². The van der Waals surface area contributed by atoms with Crippen LogP contribution in [0.3, 0.4) is 0 Å². The van der Waals surface area contributed by atoms with Crippen LogP contribution in [0.2, 0.25) is 0 Å². The van der Waals surface area contributed by atoms with Gasteiger partial charge in [-0.2, -0.15) is 0 Å². The summed E-state index contributed by atoms with van der Waals surface area (Å²) in [5.41, 5.74) is 3.03. The molecule has 2 N–H and O–H groups in total. The number of amides is 4. The summed E-state index contributed by atoms with van der Waals surface area (Å²) < 4.78 is 0. The molecule has 2 unspecified atom stereocenters. The highest BCUT2D eigenvalue weighted by Gasteiger charge is 2.45. The molecule has 8 nitrogen and oxygen atoms in total. The molecule has 2 aromatic rings. The highest BCUT2D eigenvalue weighted by Crippen LogP contribution is 2.46. The van der Waals surface area contributed by atoms with E-state index in [9.17, 15) is 19.5 Å². The second-order valence-electron chi connectivity index (χ2n) is 11.4. The van der Waals surface area contributed by atoms with Crippen LogP contribution in [-0.4, -0.2) is 81.2 Å². The van der Waals surface area contributed by atoms with E-state index >= 15 is 0 Å². The number of benzene rings is 2. The van der Waals surface area contributed by atoms with Crippen molar-refractivity contribution in [3.05, 3.63) is 65.7 Å². The molecule has 9 heteroatoms. The van der Waals surface area contributed by atoms with E-state index in [0.717, 1.165) is 36.1 Å². The average Bonchev–Trinajstić information content (AvgIpc) is 3.17. The molecule has 0 aliphatic carbocycles. The summed E-state index contributed by atoms with van der Waals surface area (Å²) in [6.45, 7) is 5.89. The van der Waals surface area contributed by atoms with Crippen molar-refractivity contribution in [2.45, 2.75) is 68.7 Å². The molecule has 4 amide bonds. The highest BCUT2D eigenvalue weighted by atomic mass is 32.2. The van der Waals surface area contributed by atoms with Crippen LogP contribution in [0.25, 0.3) is 0 Å². The molecule has 5 rings (SSSR count). The number of para-hydroxylation sites is 1. The maximum Gasteiger partial charge on any atom is 0.322 e. The summed E-state index contributed by atoms with van der Waals surface area (Å²) in [6.07, 6.45) is 3.10. The fraction of sp³-hybridized carbons (Fsp3) is 0.516. The van der Waals surface area contributed by atoms with Gasteiger partial charge in [-0.05, 0) is 48.8 Å². The minimum Gasteiger partial charge on any atom is -0.394 e. The van der Waals surface area contributed by atoms with Gasteiger partial charge in [0.25, 0.3) is 0 Å². The quantitative estimate of drug-likeness (QED) is 0.492. The maximum atomic E-state index is 13.7. The smallest absolute Gasteiger partial charge is 0.322 e. The molecular formula is C31H40N4O4S. The van der Waals surface area contributed by atoms with Crippen LogP contribution >= 0.6 is 11.8 Å². The number of hydrogen-bond donors (Lipinski definition) is 2. The van der Waals surface area contributed by atoms with Gasteiger partial charge in [-0.1, -0.05) is 62.4 Å². The number of anilines is 1. The summed E-state index contributed by atoms with van der Waals surface area (Å²) in [5, 5.41) is 12.5. The lowest BCUT2D eigenvalue weighted by Gasteiger charge is -2.38. The minimum atomic E-state index is -0.480. The lowest BCUT2D eigenvalue weighted by atomic mass is 10.0. The lowest BCUT2D eigenvalue weighted by molar-refractivity contribution is -0.138. The predicted octanol–water partition coefficient (Wildman–Crippen LogP) is 4.51. The number of thioether (sulfide) groups is 1. The Balaban J connectivity index is 1.21. The van der Waals surface area contributed by atoms with Gasteiger partial charge in [-0.25, -0.2) is 4.79 Å². The number of rotatable bonds is 8. The summed E-state index contributed by atoms with van der Waals surface area (Å²) in [7, 11) is 0. The first-order valence-corrected chi connectivity index (χ1v) is 15.4. The Morgan fingerprint density at radius 3 is 2.42 bits per heavy atom. The van der Waals surface area contributed by atoms with Gasteiger partial charge < -0.3 is 25.1 Å². The maximum absolute atomic E-state index is 13.7. The third-order valence-electron chi connectivity index (χ3n) is 8.27. The minimum absolute atomic E-state index is 0.0184. The molecule has 40 heavy (non-hydrogen) atoms. The first kappa shape index (κ1) is 28.5. The van der Waals surface area contributed by atoms with Crippen molar-refractivity contribution in [2.75, 3.05) is 31.6 Å². The third-order valence-corrected chi connectivity index (χ3v) is 9.72. The van der Waals surface area contributed by atoms with Gasteiger partial charge in [0.1, 0.15) is 5.37 Å². The van der Waals surface area contributed by atoms with Crippen molar-refractivity contribution in [3.8, 4) is 0 Å². The molecule has 3 atom stereocenters. The summed E-state index contributed by atoms with van der Waals surface area (Å²) in [5.74, 6) is 0.242. The zero-order valence-electron chi connectivity index (χ0n) is 23.4. The standard InChI is InChI=1S/C31H40N4O4S/c1-21(2)18-25(20-36)35-29(38)27(40-30(35)23-9-4-3-5-10-23)19-28(37)33-15-13-24(14-16-33)34-17-12-22-8-6-7-11-26(22)32-31(34)39/h3-11,21,24-25,27,30,36H,12-20H2,1-2H3,(H,32,39)/t25-,27?,30?/m1/s1. The fourth-order valence-corrected chi connectivity index (χ4v) is 7.71. The second kappa shape index (κ2) is 12.6. The molecule has 3 aliphatic heterocycles. The van der Waals surface area contributed by atoms with Crippen LogP contribution in [0.1, 0.15) is 56.0 Å². The van der Waals surface area contributed by atoms with Crippen molar-refractivity contribution in [3.63, 3.8) is 0 Å². The summed E-state index contributed by atoms with van der Waals surface area (Å²) in [4.78, 5) is 45.6. The van der Waals surface area contributed by atoms with Crippen molar-refractivity contribution in [2.24, 2.45) is 5.92 Å². The van der Waals surface area contributed by atoms with Crippen molar-refractivity contribution in [1.29, 1.82) is 0 Å². The molecule has 0 radical (unpaired) electrons. The molecule has 0 bridgehead atoms. The topological polar surface area (TPSA) is 93.2 Å². The van der Waals surface area contributed by atoms with Crippen LogP contribution < -0.4 is 5.32 Å². The largest absolute Gasteiger partial charge is 0.394 e. The first-order chi connectivity index (χ1) is 19.4. The van der Waals surface area contributed by atoms with E-state index in [-0.39, 0.29) is 48.3 Å². The van der Waals surface area contributed by atoms with Crippen LogP contribution in [-0.2, 0) is 16.0 Å². The van der Waals surface area contributed by atoms with E-state index in [1.54, 1.807) is 0 Å². The van der Waals surface area contributed by atoms with Gasteiger partial charge in [-0.15, -0.1) is 11.8 Å². The lowest BCUT2D eigenvalue weighted by Crippen LogP contribution is -2.50. The molecule has 2 saturated heterocycles. The number of carbonyl (C=O) groups excluding carboxylic acids is 3. The monoisotopic (exact) mass is 564 g/mol. The number of fused-ring (bicyclic) bond motifs is 1. The molecule has 0 aromatic heterocycles. The first-order valence-electron chi connectivity index (χ1n) is 14.4. The zero-order valence-corrected chi connectivity index (χ0v) is 24.2. The van der Waals surface area contributed by atoms with E-state index in [4.69, 9.17) is 0 Å². The number of carbonyl (C=O) groups is 3. The number of likely N-dealkylation sites (tertiary alicyclic amines) is 1. The molecule has 214 valence electrons. The molecule has 0 saturated carbocycles. The number of piperidine rings is 1. The Bertz CT molecular complexity index is 1200. The Labute approximate surface area is 241 Å². The molecular weight excluding hydrogens is 524 g/mol. The number of nitrogens with zero attached hydrogens (tertiary/aromatic N) is 3. The van der Waals surface area contributed by atoms with Gasteiger partial charge in [0.05, 0.1) is 17.9 Å². The van der Waals surface area contributed by atoms with E-state index in [1.807, 2.05) is 63.2 Å². The van der Waals surface area contributed by atoms with Gasteiger partial charge in [0.15, 0.2) is 0 Å². The number of aliphatic hydroxyl groups is 1. The predicted molar refractivity (Wildman–Crippen MR) is 158 cm³/mol. The Kier molecular flexibility index (Phi) is 9.00. The summed E-state index contributed by atoms with van der Waals surface area (Å²) >= 11 is 1.52. The SMILES string of the molecule is CC(C)C[C@H](CO)N1C(=O)C(CC(=O)N2CCC(N3CCc4ccccc4NC3=O)CC2)SC1c1ccccc1. The van der Waals surface area contributed by atoms with Gasteiger partial charge in [0.2, 0.25) is 11.8 Å². The molecule has 3 aliphatic rings. The molecule has 2 fully saturated rings. The number of nitrogens with one attached hydrogen (secondary N) is 1. The van der Waals surface area contributed by atoms with Crippen LogP contribution in [0.4, 0.5) is 10.5 Å². The summed E-state index contributed by atoms with van der Waals surface area (Å²) in [6, 6.07) is 17.5. The van der Waals surface area contributed by atoms with Crippen molar-refractivity contribution < 1.29 is 19.5 Å². The van der Waals surface area contributed by atoms with Crippen LogP contribution in [0.15, 0.2) is 54.6 Å². The average molecular weight is 565 g/mol. The van der Waals surface area contributed by atoms with Gasteiger partial charge in [-0.3, -0.25) is 9.59 Å². The van der Waals surface area contributed by atoms with E-state index in [1.165, 1.54) is 11.8 Å². The van der Waals surface area contributed by atoms with Crippen molar-refractivity contribution in [1.82, 2.24) is 14.7 Å². The van der Waals surface area contributed by atoms with E-state index in [0.29, 0.717) is 32.0 Å². The highest BCUT2D eigenvalue weighted by molar-refractivity contribution is 8.01. The molecule has 0 spiro atoms. The molecule has 2 aromatic carbocycles. The van der Waals surface area contributed by atoms with E-state index < -0.39 is 5.25 Å². The Morgan fingerprint density at radius 1 is 1.02 bits per heavy atom. The normalized spacial score (nSPS) is 22.8. The van der Waals surface area contributed by atoms with Gasteiger partial charge >= 0.3 is 6.03 Å². The number of aliphatic hydroxyl groups excluding tert-OH is 1. The van der Waals surface area contributed by atoms with Crippen LogP contribution in [0, 0.1) is 5.92 Å². The third kappa shape index (κ3) is 6.15. The van der Waals surface area contributed by atoms with Gasteiger partial charge in [0, 0.05) is 37.8 Å².